The lowest BCUT2D eigenvalue weighted by molar-refractivity contribution is 0.241. The molecule has 1 saturated carbocycles. The zero-order valence-corrected chi connectivity index (χ0v) is 14.0. The van der Waals surface area contributed by atoms with Crippen LogP contribution in [0, 0.1) is 11.8 Å². The molecule has 1 heteroatoms. The normalized spacial score (nSPS) is 25.7. The Labute approximate surface area is 117 Å². The molecule has 1 N–H and O–H groups in total. The van der Waals surface area contributed by atoms with Crippen molar-refractivity contribution in [3.63, 3.8) is 0 Å². The molecule has 2 atom stereocenters. The van der Waals surface area contributed by atoms with E-state index in [4.69, 9.17) is 0 Å². The largest absolute Gasteiger partial charge is 0.316 e. The highest BCUT2D eigenvalue weighted by Crippen LogP contribution is 2.32. The molecule has 2 aliphatic rings. The van der Waals surface area contributed by atoms with Crippen molar-refractivity contribution >= 4 is 0 Å². The van der Waals surface area contributed by atoms with E-state index in [-0.39, 0.29) is 0 Å². The summed E-state index contributed by atoms with van der Waals surface area (Å²) in [7, 11) is 0. The van der Waals surface area contributed by atoms with Crippen molar-refractivity contribution in [1.82, 2.24) is 5.32 Å². The molecule has 0 radical (unpaired) electrons. The van der Waals surface area contributed by atoms with Gasteiger partial charge in [0, 0.05) is 0 Å². The van der Waals surface area contributed by atoms with Gasteiger partial charge in [0.05, 0.1) is 0 Å². The fraction of sp³-hybridized carbons (Fsp3) is 1.00. The van der Waals surface area contributed by atoms with Crippen LogP contribution >= 0.6 is 0 Å². The molecule has 2 fully saturated rings. The monoisotopic (exact) mass is 257 g/mol. The number of rotatable bonds is 0. The standard InChI is InChI=1S/C10H19N.C3H8.2C2H6/c1-2-4-9-6-7-11-8-10(9)5-3-1;1-3-2;2*1-2/h9-11H,1-8H2;3H2,1-2H3;2*1-2H3. The Morgan fingerprint density at radius 2 is 1.28 bits per heavy atom. The van der Waals surface area contributed by atoms with Gasteiger partial charge in [0.25, 0.3) is 0 Å². The average Bonchev–Trinajstić information content (AvgIpc) is 2.69. The van der Waals surface area contributed by atoms with E-state index in [2.05, 4.69) is 19.2 Å². The minimum Gasteiger partial charge on any atom is -0.316 e. The Kier molecular flexibility index (Phi) is 19.1. The van der Waals surface area contributed by atoms with E-state index >= 15 is 0 Å². The summed E-state index contributed by atoms with van der Waals surface area (Å²) in [6.07, 6.45) is 10.2. The summed E-state index contributed by atoms with van der Waals surface area (Å²) in [4.78, 5) is 0. The molecule has 2 unspecified atom stereocenters. The van der Waals surface area contributed by atoms with Crippen LogP contribution in [0.25, 0.3) is 0 Å². The SMILES string of the molecule is C1CCC2CCNCC2CC1.CC.CC.CCC. The first-order chi connectivity index (χ1) is 8.88. The van der Waals surface area contributed by atoms with E-state index in [0.29, 0.717) is 0 Å². The van der Waals surface area contributed by atoms with Crippen LogP contribution in [-0.4, -0.2) is 13.1 Å². The van der Waals surface area contributed by atoms with Crippen molar-refractivity contribution in [2.24, 2.45) is 11.8 Å². The second-order valence-corrected chi connectivity index (χ2v) is 4.86. The summed E-state index contributed by atoms with van der Waals surface area (Å²) in [5.41, 5.74) is 0. The van der Waals surface area contributed by atoms with Crippen LogP contribution in [0.1, 0.15) is 86.5 Å². The van der Waals surface area contributed by atoms with Gasteiger partial charge in [0.1, 0.15) is 0 Å². The van der Waals surface area contributed by atoms with Gasteiger partial charge in [-0.3, -0.25) is 0 Å². The number of nitrogens with one attached hydrogen (secondary N) is 1. The van der Waals surface area contributed by atoms with Crippen molar-refractivity contribution in [3.05, 3.63) is 0 Å². The molecule has 0 aromatic rings. The van der Waals surface area contributed by atoms with E-state index in [0.717, 1.165) is 11.8 Å². The number of hydrogen-bond donors (Lipinski definition) is 1. The van der Waals surface area contributed by atoms with Gasteiger partial charge in [-0.25, -0.2) is 0 Å². The van der Waals surface area contributed by atoms with Gasteiger partial charge < -0.3 is 5.32 Å². The molecule has 1 heterocycles. The Hall–Kier alpha value is -0.0400. The van der Waals surface area contributed by atoms with Crippen molar-refractivity contribution in [2.45, 2.75) is 86.5 Å². The minimum absolute atomic E-state index is 1.03. The highest BCUT2D eigenvalue weighted by Gasteiger charge is 2.25. The van der Waals surface area contributed by atoms with Gasteiger partial charge in [0.15, 0.2) is 0 Å². The van der Waals surface area contributed by atoms with Gasteiger partial charge in [-0.15, -0.1) is 0 Å². The molecule has 0 spiro atoms. The summed E-state index contributed by atoms with van der Waals surface area (Å²) < 4.78 is 0. The summed E-state index contributed by atoms with van der Waals surface area (Å²) in [5.74, 6) is 2.12. The maximum Gasteiger partial charge on any atom is -0.00179 e. The van der Waals surface area contributed by atoms with Crippen LogP contribution in [0.5, 0.6) is 0 Å². The molecule has 18 heavy (non-hydrogen) atoms. The topological polar surface area (TPSA) is 12.0 Å². The highest BCUT2D eigenvalue weighted by molar-refractivity contribution is 4.79. The lowest BCUT2D eigenvalue weighted by atomic mass is 9.83. The van der Waals surface area contributed by atoms with Gasteiger partial charge in [-0.2, -0.15) is 0 Å². The summed E-state index contributed by atoms with van der Waals surface area (Å²) >= 11 is 0. The van der Waals surface area contributed by atoms with Crippen molar-refractivity contribution in [1.29, 1.82) is 0 Å². The molecule has 112 valence electrons. The second kappa shape index (κ2) is 17.0. The second-order valence-electron chi connectivity index (χ2n) is 4.86. The Balaban J connectivity index is 0. The molecule has 1 aliphatic carbocycles. The average molecular weight is 258 g/mol. The van der Waals surface area contributed by atoms with E-state index < -0.39 is 0 Å². The fourth-order valence-electron chi connectivity index (χ4n) is 2.68. The van der Waals surface area contributed by atoms with Crippen LogP contribution in [0.15, 0.2) is 0 Å². The quantitative estimate of drug-likeness (QED) is 0.591. The van der Waals surface area contributed by atoms with Crippen LogP contribution in [0.2, 0.25) is 0 Å². The van der Waals surface area contributed by atoms with Crippen LogP contribution in [0.3, 0.4) is 0 Å². The van der Waals surface area contributed by atoms with Gasteiger partial charge in [0.2, 0.25) is 0 Å². The third-order valence-electron chi connectivity index (χ3n) is 3.41. The zero-order chi connectivity index (χ0) is 14.2. The van der Waals surface area contributed by atoms with Crippen LogP contribution in [-0.2, 0) is 0 Å². The van der Waals surface area contributed by atoms with E-state index in [1.165, 1.54) is 58.0 Å². The lowest BCUT2D eigenvalue weighted by Crippen LogP contribution is -2.35. The molecule has 0 aromatic heterocycles. The maximum absolute atomic E-state index is 3.51. The van der Waals surface area contributed by atoms with Crippen LogP contribution in [0.4, 0.5) is 0 Å². The fourth-order valence-corrected chi connectivity index (χ4v) is 2.68. The Morgan fingerprint density at radius 1 is 0.778 bits per heavy atom. The minimum atomic E-state index is 1.03. The van der Waals surface area contributed by atoms with Crippen molar-refractivity contribution < 1.29 is 0 Å². The van der Waals surface area contributed by atoms with Gasteiger partial charge >= 0.3 is 0 Å². The first kappa shape index (κ1) is 20.3. The number of piperidine rings is 1. The third kappa shape index (κ3) is 9.94. The molecule has 2 rings (SSSR count). The highest BCUT2D eigenvalue weighted by atomic mass is 14.9. The predicted molar refractivity (Wildman–Crippen MR) is 86.2 cm³/mol. The molecular weight excluding hydrogens is 218 g/mol. The number of fused-ring (bicyclic) bond motifs is 1. The first-order valence-corrected chi connectivity index (χ1v) is 8.59. The lowest BCUT2D eigenvalue weighted by Gasteiger charge is -2.30. The van der Waals surface area contributed by atoms with E-state index in [1.54, 1.807) is 0 Å². The summed E-state index contributed by atoms with van der Waals surface area (Å²) in [5, 5.41) is 3.51. The smallest absolute Gasteiger partial charge is 0.00179 e. The molecule has 1 aliphatic heterocycles. The molecule has 0 bridgehead atoms. The maximum atomic E-state index is 3.51. The predicted octanol–water partition coefficient (Wildman–Crippen LogP) is 5.64. The van der Waals surface area contributed by atoms with Gasteiger partial charge in [-0.1, -0.05) is 73.6 Å². The molecule has 0 aromatic carbocycles. The van der Waals surface area contributed by atoms with Gasteiger partial charge in [-0.05, 0) is 37.8 Å². The Bertz CT molecular complexity index is 120. The number of hydrogen-bond acceptors (Lipinski definition) is 1. The van der Waals surface area contributed by atoms with Crippen molar-refractivity contribution in [3.8, 4) is 0 Å². The third-order valence-corrected chi connectivity index (χ3v) is 3.41. The van der Waals surface area contributed by atoms with E-state index in [1.807, 2.05) is 27.7 Å². The van der Waals surface area contributed by atoms with Crippen molar-refractivity contribution in [2.75, 3.05) is 13.1 Å². The first-order valence-electron chi connectivity index (χ1n) is 8.59. The molecular formula is C17H39N. The molecule has 0 amide bonds. The Morgan fingerprint density at radius 3 is 1.83 bits per heavy atom. The molecule has 1 saturated heterocycles. The van der Waals surface area contributed by atoms with E-state index in [9.17, 15) is 0 Å². The summed E-state index contributed by atoms with van der Waals surface area (Å²) in [6, 6.07) is 0. The summed E-state index contributed by atoms with van der Waals surface area (Å²) in [6.45, 7) is 14.8. The van der Waals surface area contributed by atoms with Crippen LogP contribution < -0.4 is 5.32 Å². The zero-order valence-electron chi connectivity index (χ0n) is 14.0. The molecule has 1 nitrogen and oxygen atoms in total.